The molecule has 3 aromatic rings. The van der Waals surface area contributed by atoms with Crippen LogP contribution in [0.3, 0.4) is 0 Å². The molecule has 1 saturated heterocycles. The number of aromatic nitrogens is 1. The summed E-state index contributed by atoms with van der Waals surface area (Å²) in [4.78, 5) is 4.46. The zero-order valence-corrected chi connectivity index (χ0v) is 17.0. The lowest BCUT2D eigenvalue weighted by atomic mass is 9.81. The third-order valence-corrected chi connectivity index (χ3v) is 5.91. The van der Waals surface area contributed by atoms with Crippen LogP contribution in [0, 0.1) is 5.92 Å². The Morgan fingerprint density at radius 2 is 1.68 bits per heavy atom. The lowest BCUT2D eigenvalue weighted by molar-refractivity contribution is 0.434. The largest absolute Gasteiger partial charge is 0.367 e. The van der Waals surface area contributed by atoms with Crippen molar-refractivity contribution >= 4 is 29.0 Å². The minimum absolute atomic E-state index is 0.242. The van der Waals surface area contributed by atoms with E-state index in [1.807, 2.05) is 24.3 Å². The van der Waals surface area contributed by atoms with Gasteiger partial charge in [-0.25, -0.2) is 4.98 Å². The maximum absolute atomic E-state index is 6.10. The van der Waals surface area contributed by atoms with E-state index in [9.17, 15) is 0 Å². The number of halogens is 2. The van der Waals surface area contributed by atoms with Gasteiger partial charge in [-0.15, -0.1) is 0 Å². The van der Waals surface area contributed by atoms with Crippen LogP contribution in [0.25, 0.3) is 0 Å². The molecule has 0 spiro atoms. The van der Waals surface area contributed by atoms with Gasteiger partial charge in [-0.05, 0) is 47.7 Å². The Bertz CT molecular complexity index is 882. The predicted molar refractivity (Wildman–Crippen MR) is 117 cm³/mol. The smallest absolute Gasteiger partial charge is 0.126 e. The van der Waals surface area contributed by atoms with Crippen LogP contribution in [0.2, 0.25) is 10.0 Å². The van der Waals surface area contributed by atoms with Gasteiger partial charge < -0.3 is 10.6 Å². The predicted octanol–water partition coefficient (Wildman–Crippen LogP) is 5.41. The van der Waals surface area contributed by atoms with Gasteiger partial charge in [0.1, 0.15) is 5.82 Å². The first kappa shape index (κ1) is 19.3. The molecular weight excluding hydrogens is 389 g/mol. The lowest BCUT2D eigenvalue weighted by Gasteiger charge is -2.30. The van der Waals surface area contributed by atoms with Crippen molar-refractivity contribution in [1.29, 1.82) is 0 Å². The second kappa shape index (κ2) is 8.95. The van der Waals surface area contributed by atoms with Crippen LogP contribution in [0.1, 0.15) is 17.0 Å². The van der Waals surface area contributed by atoms with E-state index in [1.54, 1.807) is 6.20 Å². The van der Waals surface area contributed by atoms with Crippen LogP contribution in [0.4, 0.5) is 5.82 Å². The summed E-state index contributed by atoms with van der Waals surface area (Å²) >= 11 is 12.1. The highest BCUT2D eigenvalue weighted by Gasteiger charge is 2.35. The molecule has 5 heteroatoms. The quantitative estimate of drug-likeness (QED) is 0.568. The topological polar surface area (TPSA) is 37.0 Å². The molecule has 2 heterocycles. The van der Waals surface area contributed by atoms with Crippen LogP contribution in [0.15, 0.2) is 72.9 Å². The number of hydrogen-bond acceptors (Lipinski definition) is 3. The highest BCUT2D eigenvalue weighted by atomic mass is 35.5. The van der Waals surface area contributed by atoms with Gasteiger partial charge in [0.25, 0.3) is 0 Å². The molecule has 1 aromatic heterocycles. The number of benzene rings is 2. The number of anilines is 1. The molecule has 3 unspecified atom stereocenters. The Labute approximate surface area is 176 Å². The zero-order chi connectivity index (χ0) is 19.3. The first-order valence-corrected chi connectivity index (χ1v) is 10.3. The molecule has 0 saturated carbocycles. The molecule has 2 aromatic carbocycles. The van der Waals surface area contributed by atoms with Crippen molar-refractivity contribution in [3.63, 3.8) is 0 Å². The van der Waals surface area contributed by atoms with E-state index in [4.69, 9.17) is 23.2 Å². The number of nitrogens with zero attached hydrogens (tertiary/aromatic N) is 1. The van der Waals surface area contributed by atoms with Gasteiger partial charge in [-0.2, -0.15) is 0 Å². The Balaban J connectivity index is 1.61. The van der Waals surface area contributed by atoms with Crippen molar-refractivity contribution in [3.05, 3.63) is 94.1 Å². The first-order chi connectivity index (χ1) is 13.7. The number of pyridine rings is 1. The monoisotopic (exact) mass is 411 g/mol. The molecule has 28 heavy (non-hydrogen) atoms. The molecule has 0 aliphatic carbocycles. The summed E-state index contributed by atoms with van der Waals surface area (Å²) < 4.78 is 0. The van der Waals surface area contributed by atoms with Crippen LogP contribution in [-0.4, -0.2) is 24.1 Å². The Kier molecular flexibility index (Phi) is 6.16. The molecule has 3 nitrogen and oxygen atoms in total. The molecular formula is C23H23Cl2N3. The van der Waals surface area contributed by atoms with E-state index in [-0.39, 0.29) is 6.04 Å². The second-order valence-corrected chi connectivity index (χ2v) is 8.16. The van der Waals surface area contributed by atoms with E-state index in [2.05, 4.69) is 58.1 Å². The lowest BCUT2D eigenvalue weighted by Crippen LogP contribution is -2.35. The van der Waals surface area contributed by atoms with Gasteiger partial charge in [0.2, 0.25) is 0 Å². The fraction of sp³-hybridized carbons (Fsp3) is 0.261. The summed E-state index contributed by atoms with van der Waals surface area (Å²) in [5.74, 6) is 1.71. The average Bonchev–Trinajstić information content (AvgIpc) is 3.20. The second-order valence-electron chi connectivity index (χ2n) is 7.28. The Morgan fingerprint density at radius 1 is 0.929 bits per heavy atom. The SMILES string of the molecule is Clc1ccc(C2CNCC2C(Cc2ccccc2)Nc2ccc(Cl)cn2)cc1. The number of rotatable bonds is 6. The third kappa shape index (κ3) is 4.67. The van der Waals surface area contributed by atoms with E-state index >= 15 is 0 Å². The van der Waals surface area contributed by atoms with Crippen LogP contribution in [-0.2, 0) is 6.42 Å². The fourth-order valence-corrected chi connectivity index (χ4v) is 4.26. The van der Waals surface area contributed by atoms with Gasteiger partial charge in [-0.1, -0.05) is 65.7 Å². The fourth-order valence-electron chi connectivity index (χ4n) is 4.03. The molecule has 1 aliphatic heterocycles. The normalized spacial score (nSPS) is 20.1. The number of nitrogens with one attached hydrogen (secondary N) is 2. The molecule has 0 radical (unpaired) electrons. The molecule has 3 atom stereocenters. The van der Waals surface area contributed by atoms with E-state index in [0.717, 1.165) is 30.4 Å². The highest BCUT2D eigenvalue weighted by molar-refractivity contribution is 6.30. The van der Waals surface area contributed by atoms with Crippen LogP contribution < -0.4 is 10.6 Å². The maximum atomic E-state index is 6.10. The first-order valence-electron chi connectivity index (χ1n) is 9.57. The molecule has 1 aliphatic rings. The van der Waals surface area contributed by atoms with Gasteiger partial charge in [0, 0.05) is 36.3 Å². The minimum Gasteiger partial charge on any atom is -0.367 e. The summed E-state index contributed by atoms with van der Waals surface area (Å²) in [6, 6.07) is 22.9. The van der Waals surface area contributed by atoms with E-state index in [0.29, 0.717) is 16.9 Å². The highest BCUT2D eigenvalue weighted by Crippen LogP contribution is 2.33. The molecule has 0 amide bonds. The van der Waals surface area contributed by atoms with Crippen LogP contribution >= 0.6 is 23.2 Å². The van der Waals surface area contributed by atoms with Crippen molar-refractivity contribution in [2.45, 2.75) is 18.4 Å². The standard InChI is InChI=1S/C23H23Cl2N3/c24-18-8-6-17(7-9-18)20-14-26-15-21(20)22(12-16-4-2-1-3-5-16)28-23-11-10-19(25)13-27-23/h1-11,13,20-22,26H,12,14-15H2,(H,27,28). The maximum Gasteiger partial charge on any atom is 0.126 e. The van der Waals surface area contributed by atoms with Crippen molar-refractivity contribution in [2.75, 3.05) is 18.4 Å². The van der Waals surface area contributed by atoms with Gasteiger partial charge >= 0.3 is 0 Å². The van der Waals surface area contributed by atoms with E-state index < -0.39 is 0 Å². The van der Waals surface area contributed by atoms with Gasteiger partial charge in [-0.3, -0.25) is 0 Å². The summed E-state index contributed by atoms with van der Waals surface area (Å²) in [6.07, 6.45) is 2.62. The third-order valence-electron chi connectivity index (χ3n) is 5.44. The summed E-state index contributed by atoms with van der Waals surface area (Å²) in [5, 5.41) is 8.67. The molecule has 2 N–H and O–H groups in total. The summed E-state index contributed by atoms with van der Waals surface area (Å²) in [7, 11) is 0. The number of hydrogen-bond donors (Lipinski definition) is 2. The Morgan fingerprint density at radius 3 is 2.39 bits per heavy atom. The van der Waals surface area contributed by atoms with Crippen molar-refractivity contribution in [1.82, 2.24) is 10.3 Å². The molecule has 1 fully saturated rings. The summed E-state index contributed by atoms with van der Waals surface area (Å²) in [6.45, 7) is 1.93. The van der Waals surface area contributed by atoms with Crippen molar-refractivity contribution in [2.24, 2.45) is 5.92 Å². The molecule has 0 bridgehead atoms. The van der Waals surface area contributed by atoms with Crippen molar-refractivity contribution in [3.8, 4) is 0 Å². The van der Waals surface area contributed by atoms with Gasteiger partial charge in [0.05, 0.1) is 5.02 Å². The van der Waals surface area contributed by atoms with Crippen molar-refractivity contribution < 1.29 is 0 Å². The van der Waals surface area contributed by atoms with E-state index in [1.165, 1.54) is 11.1 Å². The Hall–Kier alpha value is -2.07. The molecule has 4 rings (SSSR count). The average molecular weight is 412 g/mol. The molecule has 144 valence electrons. The summed E-state index contributed by atoms with van der Waals surface area (Å²) in [5.41, 5.74) is 2.64. The van der Waals surface area contributed by atoms with Gasteiger partial charge in [0.15, 0.2) is 0 Å². The van der Waals surface area contributed by atoms with Crippen LogP contribution in [0.5, 0.6) is 0 Å². The zero-order valence-electron chi connectivity index (χ0n) is 15.5. The minimum atomic E-state index is 0.242.